The van der Waals surface area contributed by atoms with Gasteiger partial charge in [-0.2, -0.15) is 0 Å². The van der Waals surface area contributed by atoms with Gasteiger partial charge in [-0.05, 0) is 65.7 Å². The van der Waals surface area contributed by atoms with E-state index in [1.807, 2.05) is 47.2 Å². The predicted molar refractivity (Wildman–Crippen MR) is 163 cm³/mol. The Hall–Kier alpha value is -4.80. The lowest BCUT2D eigenvalue weighted by Crippen LogP contribution is -2.38. The summed E-state index contributed by atoms with van der Waals surface area (Å²) in [5.74, 6) is -1.67. The van der Waals surface area contributed by atoms with Gasteiger partial charge in [-0.1, -0.05) is 48.5 Å². The van der Waals surface area contributed by atoms with E-state index in [1.165, 1.54) is 22.7 Å². The van der Waals surface area contributed by atoms with E-state index >= 15 is 0 Å². The smallest absolute Gasteiger partial charge is 0.267 e. The second kappa shape index (κ2) is 15.1. The van der Waals surface area contributed by atoms with Crippen LogP contribution in [0.1, 0.15) is 36.9 Å². The Bertz CT molecular complexity index is 1400. The van der Waals surface area contributed by atoms with E-state index in [9.17, 15) is 19.2 Å². The summed E-state index contributed by atoms with van der Waals surface area (Å²) >= 11 is 2.89. The quantitative estimate of drug-likeness (QED) is 0.143. The SMILES string of the molecule is O=C(NCCCNC(=O)/C(=C\c1cccs1)NC(=O)c1ccccc1)/C(=C\c1cccs1)NC(=O)c1ccccc1. The first-order valence-corrected chi connectivity index (χ1v) is 14.5. The topological polar surface area (TPSA) is 116 Å². The minimum Gasteiger partial charge on any atom is -0.351 e. The fourth-order valence-electron chi connectivity index (χ4n) is 3.60. The number of carbonyl (C=O) groups excluding carboxylic acids is 4. The molecule has 2 aromatic carbocycles. The zero-order valence-electron chi connectivity index (χ0n) is 22.0. The third-order valence-electron chi connectivity index (χ3n) is 5.64. The lowest BCUT2D eigenvalue weighted by molar-refractivity contribution is -0.118. The molecular formula is C31H28N4O4S2. The van der Waals surface area contributed by atoms with Gasteiger partial charge in [0.2, 0.25) is 0 Å². The standard InChI is InChI=1S/C31H28N4O4S2/c36-28(22-10-3-1-4-11-22)34-26(20-24-14-7-18-40-24)30(38)32-16-9-17-33-31(39)27(21-25-15-8-19-41-25)35-29(37)23-12-5-2-6-13-23/h1-8,10-15,18-21H,9,16-17H2,(H,32,38)(H,33,39)(H,34,36)(H,35,37)/b26-20+,27-21+. The number of thiophene rings is 2. The molecule has 0 aliphatic rings. The monoisotopic (exact) mass is 584 g/mol. The van der Waals surface area contributed by atoms with Gasteiger partial charge in [0.15, 0.2) is 0 Å². The molecule has 0 saturated heterocycles. The van der Waals surface area contributed by atoms with Gasteiger partial charge in [0.05, 0.1) is 0 Å². The number of hydrogen-bond donors (Lipinski definition) is 4. The maximum absolute atomic E-state index is 12.9. The molecule has 0 bridgehead atoms. The van der Waals surface area contributed by atoms with Gasteiger partial charge >= 0.3 is 0 Å². The summed E-state index contributed by atoms with van der Waals surface area (Å²) in [5, 5.41) is 14.7. The molecular weight excluding hydrogens is 556 g/mol. The molecule has 2 heterocycles. The molecule has 0 aliphatic heterocycles. The van der Waals surface area contributed by atoms with Gasteiger partial charge in [-0.25, -0.2) is 0 Å². The second-order valence-corrected chi connectivity index (χ2v) is 10.6. The number of carbonyl (C=O) groups is 4. The van der Waals surface area contributed by atoms with Crippen LogP contribution in [0.4, 0.5) is 0 Å². The largest absolute Gasteiger partial charge is 0.351 e. The molecule has 0 atom stereocenters. The Morgan fingerprint density at radius 2 is 0.976 bits per heavy atom. The van der Waals surface area contributed by atoms with Crippen molar-refractivity contribution in [1.82, 2.24) is 21.3 Å². The molecule has 0 fully saturated rings. The van der Waals surface area contributed by atoms with Crippen LogP contribution in [-0.4, -0.2) is 36.7 Å². The van der Waals surface area contributed by atoms with Gasteiger partial charge in [0.25, 0.3) is 23.6 Å². The van der Waals surface area contributed by atoms with Crippen LogP contribution in [0.5, 0.6) is 0 Å². The molecule has 0 unspecified atom stereocenters. The summed E-state index contributed by atoms with van der Waals surface area (Å²) in [4.78, 5) is 52.9. The molecule has 0 spiro atoms. The van der Waals surface area contributed by atoms with E-state index in [0.717, 1.165) is 9.75 Å². The van der Waals surface area contributed by atoms with Crippen LogP contribution in [0.2, 0.25) is 0 Å². The minimum absolute atomic E-state index is 0.120. The lowest BCUT2D eigenvalue weighted by atomic mass is 10.2. The van der Waals surface area contributed by atoms with Crippen molar-refractivity contribution in [3.63, 3.8) is 0 Å². The van der Waals surface area contributed by atoms with E-state index in [-0.39, 0.29) is 24.5 Å². The molecule has 4 rings (SSSR count). The molecule has 4 amide bonds. The van der Waals surface area contributed by atoms with Gasteiger partial charge in [0, 0.05) is 34.0 Å². The predicted octanol–water partition coefficient (Wildman–Crippen LogP) is 4.67. The summed E-state index contributed by atoms with van der Waals surface area (Å²) in [6, 6.07) is 24.7. The van der Waals surface area contributed by atoms with Crippen LogP contribution in [0.15, 0.2) is 107 Å². The third kappa shape index (κ3) is 9.13. The van der Waals surface area contributed by atoms with Crippen LogP contribution >= 0.6 is 22.7 Å². The third-order valence-corrected chi connectivity index (χ3v) is 7.28. The van der Waals surface area contributed by atoms with E-state index < -0.39 is 23.6 Å². The van der Waals surface area contributed by atoms with Crippen molar-refractivity contribution in [2.75, 3.05) is 13.1 Å². The second-order valence-electron chi connectivity index (χ2n) is 8.65. The maximum atomic E-state index is 12.9. The first kappa shape index (κ1) is 29.2. The number of benzene rings is 2. The van der Waals surface area contributed by atoms with Crippen LogP contribution in [0.25, 0.3) is 12.2 Å². The summed E-state index contributed by atoms with van der Waals surface area (Å²) in [7, 11) is 0. The Balaban J connectivity index is 1.31. The molecule has 208 valence electrons. The highest BCUT2D eigenvalue weighted by molar-refractivity contribution is 7.11. The Morgan fingerprint density at radius 3 is 1.34 bits per heavy atom. The van der Waals surface area contributed by atoms with Gasteiger partial charge < -0.3 is 21.3 Å². The van der Waals surface area contributed by atoms with E-state index in [1.54, 1.807) is 60.7 Å². The summed E-state index contributed by atoms with van der Waals surface area (Å²) in [6.07, 6.45) is 3.68. The van der Waals surface area contributed by atoms with Crippen molar-refractivity contribution in [3.05, 3.63) is 128 Å². The van der Waals surface area contributed by atoms with Crippen molar-refractivity contribution in [3.8, 4) is 0 Å². The van der Waals surface area contributed by atoms with Crippen molar-refractivity contribution in [2.24, 2.45) is 0 Å². The molecule has 0 radical (unpaired) electrons. The minimum atomic E-state index is -0.442. The van der Waals surface area contributed by atoms with E-state index in [4.69, 9.17) is 0 Å². The molecule has 8 nitrogen and oxygen atoms in total. The van der Waals surface area contributed by atoms with Gasteiger partial charge in [-0.3, -0.25) is 19.2 Å². The summed E-state index contributed by atoms with van der Waals surface area (Å²) in [6.45, 7) is 0.505. The van der Waals surface area contributed by atoms with Crippen molar-refractivity contribution < 1.29 is 19.2 Å². The van der Waals surface area contributed by atoms with Crippen molar-refractivity contribution in [1.29, 1.82) is 0 Å². The summed E-state index contributed by atoms with van der Waals surface area (Å²) < 4.78 is 0. The zero-order chi connectivity index (χ0) is 28.9. The maximum Gasteiger partial charge on any atom is 0.267 e. The number of hydrogen-bond acceptors (Lipinski definition) is 6. The molecule has 4 aromatic rings. The summed E-state index contributed by atoms with van der Waals surface area (Å²) in [5.41, 5.74) is 1.11. The fraction of sp³-hybridized carbons (Fsp3) is 0.0968. The van der Waals surface area contributed by atoms with Crippen LogP contribution < -0.4 is 21.3 Å². The molecule has 2 aromatic heterocycles. The Labute approximate surface area is 245 Å². The fourth-order valence-corrected chi connectivity index (χ4v) is 4.91. The van der Waals surface area contributed by atoms with Crippen LogP contribution in [-0.2, 0) is 9.59 Å². The molecule has 10 heteroatoms. The van der Waals surface area contributed by atoms with Gasteiger partial charge in [-0.15, -0.1) is 22.7 Å². The highest BCUT2D eigenvalue weighted by atomic mass is 32.1. The molecule has 41 heavy (non-hydrogen) atoms. The highest BCUT2D eigenvalue weighted by Crippen LogP contribution is 2.14. The average molecular weight is 585 g/mol. The highest BCUT2D eigenvalue weighted by Gasteiger charge is 2.16. The average Bonchev–Trinajstić information content (AvgIpc) is 3.71. The van der Waals surface area contributed by atoms with E-state index in [2.05, 4.69) is 21.3 Å². The zero-order valence-corrected chi connectivity index (χ0v) is 23.6. The molecule has 0 aliphatic carbocycles. The van der Waals surface area contributed by atoms with Gasteiger partial charge in [0.1, 0.15) is 11.4 Å². The molecule has 0 saturated carbocycles. The Morgan fingerprint density at radius 1 is 0.561 bits per heavy atom. The van der Waals surface area contributed by atoms with Crippen LogP contribution in [0, 0.1) is 0 Å². The first-order valence-electron chi connectivity index (χ1n) is 12.8. The number of nitrogens with one attached hydrogen (secondary N) is 4. The van der Waals surface area contributed by atoms with Crippen molar-refractivity contribution >= 4 is 58.5 Å². The molecule has 4 N–H and O–H groups in total. The van der Waals surface area contributed by atoms with E-state index in [0.29, 0.717) is 17.5 Å². The number of rotatable bonds is 12. The number of amides is 4. The lowest BCUT2D eigenvalue weighted by Gasteiger charge is -2.12. The first-order chi connectivity index (χ1) is 20.0. The Kier molecular flexibility index (Phi) is 10.8. The normalized spacial score (nSPS) is 11.4. The van der Waals surface area contributed by atoms with Crippen LogP contribution in [0.3, 0.4) is 0 Å². The van der Waals surface area contributed by atoms with Crippen molar-refractivity contribution in [2.45, 2.75) is 6.42 Å².